The van der Waals surface area contributed by atoms with Crippen molar-refractivity contribution < 1.29 is 4.74 Å². The Kier molecular flexibility index (Phi) is 7.65. The molecule has 4 nitrogen and oxygen atoms in total. The van der Waals surface area contributed by atoms with E-state index in [0.717, 1.165) is 56.6 Å². The molecule has 0 radical (unpaired) electrons. The molecule has 1 unspecified atom stereocenters. The van der Waals surface area contributed by atoms with Gasteiger partial charge in [-0.05, 0) is 56.3 Å². The molecule has 1 spiro atoms. The molecule has 3 rings (SSSR count). The SMILES string of the molecule is CN=C(NCC1CCC(C(C)C)CC1)N1CCC2(CCOC2)C1.I. The van der Waals surface area contributed by atoms with E-state index in [1.807, 2.05) is 7.05 Å². The average Bonchev–Trinajstić information content (AvgIpc) is 3.19. The number of likely N-dealkylation sites (tertiary alicyclic amines) is 1. The quantitative estimate of drug-likeness (QED) is 0.405. The molecule has 0 aromatic carbocycles. The summed E-state index contributed by atoms with van der Waals surface area (Å²) in [4.78, 5) is 7.00. The number of nitrogens with zero attached hydrogens (tertiary/aromatic N) is 2. The van der Waals surface area contributed by atoms with Crippen LogP contribution in [-0.4, -0.2) is 50.8 Å². The Labute approximate surface area is 165 Å². The highest BCUT2D eigenvalue weighted by Gasteiger charge is 2.42. The van der Waals surface area contributed by atoms with Crippen molar-refractivity contribution in [2.24, 2.45) is 28.2 Å². The molecule has 2 aliphatic heterocycles. The Morgan fingerprint density at radius 3 is 2.58 bits per heavy atom. The summed E-state index contributed by atoms with van der Waals surface area (Å²) in [6.07, 6.45) is 8.06. The lowest BCUT2D eigenvalue weighted by Gasteiger charge is -2.32. The minimum absolute atomic E-state index is 0. The van der Waals surface area contributed by atoms with Gasteiger partial charge in [0.05, 0.1) is 6.61 Å². The van der Waals surface area contributed by atoms with Crippen molar-refractivity contribution in [1.82, 2.24) is 10.2 Å². The zero-order chi connectivity index (χ0) is 16.3. The van der Waals surface area contributed by atoms with Gasteiger partial charge in [0.25, 0.3) is 0 Å². The maximum absolute atomic E-state index is 5.64. The molecule has 0 amide bonds. The van der Waals surface area contributed by atoms with E-state index >= 15 is 0 Å². The van der Waals surface area contributed by atoms with E-state index in [2.05, 4.69) is 29.1 Å². The Bertz CT molecular complexity index is 413. The second-order valence-corrected chi connectivity index (χ2v) is 8.43. The Morgan fingerprint density at radius 1 is 1.25 bits per heavy atom. The first kappa shape index (κ1) is 20.3. The lowest BCUT2D eigenvalue weighted by molar-refractivity contribution is 0.156. The number of hydrogen-bond acceptors (Lipinski definition) is 2. The van der Waals surface area contributed by atoms with E-state index < -0.39 is 0 Å². The number of nitrogens with one attached hydrogen (secondary N) is 1. The predicted octanol–water partition coefficient (Wildman–Crippen LogP) is 3.75. The lowest BCUT2D eigenvalue weighted by Crippen LogP contribution is -2.43. The first-order valence-corrected chi connectivity index (χ1v) is 9.65. The normalized spacial score (nSPS) is 34.0. The first-order valence-electron chi connectivity index (χ1n) is 9.65. The number of aliphatic imine (C=N–C) groups is 1. The van der Waals surface area contributed by atoms with Crippen molar-refractivity contribution in [3.8, 4) is 0 Å². The van der Waals surface area contributed by atoms with Crippen LogP contribution in [0.3, 0.4) is 0 Å². The summed E-state index contributed by atoms with van der Waals surface area (Å²) in [5.41, 5.74) is 0.410. The van der Waals surface area contributed by atoms with E-state index in [-0.39, 0.29) is 24.0 Å². The third kappa shape index (κ3) is 4.77. The zero-order valence-electron chi connectivity index (χ0n) is 15.7. The van der Waals surface area contributed by atoms with Crippen LogP contribution in [0.4, 0.5) is 0 Å². The standard InChI is InChI=1S/C19H35N3O.HI/c1-15(2)17-6-4-16(5-7-17)12-21-18(20-3)22-10-8-19(13-22)9-11-23-14-19;/h15-17H,4-14H2,1-3H3,(H,20,21);1H. The molecule has 2 saturated heterocycles. The molecular weight excluding hydrogens is 413 g/mol. The van der Waals surface area contributed by atoms with Gasteiger partial charge in [0, 0.05) is 38.7 Å². The fourth-order valence-corrected chi connectivity index (χ4v) is 4.71. The summed E-state index contributed by atoms with van der Waals surface area (Å²) >= 11 is 0. The second kappa shape index (κ2) is 9.06. The zero-order valence-corrected chi connectivity index (χ0v) is 18.1. The van der Waals surface area contributed by atoms with Gasteiger partial charge in [0.15, 0.2) is 5.96 Å². The topological polar surface area (TPSA) is 36.9 Å². The minimum atomic E-state index is 0. The predicted molar refractivity (Wildman–Crippen MR) is 111 cm³/mol. The number of hydrogen-bond donors (Lipinski definition) is 1. The highest BCUT2D eigenvalue weighted by molar-refractivity contribution is 14.0. The van der Waals surface area contributed by atoms with Crippen LogP contribution < -0.4 is 5.32 Å². The number of halogens is 1. The number of guanidine groups is 1. The second-order valence-electron chi connectivity index (χ2n) is 8.43. The van der Waals surface area contributed by atoms with Gasteiger partial charge in [-0.3, -0.25) is 4.99 Å². The average molecular weight is 449 g/mol. The Balaban J connectivity index is 0.00000208. The van der Waals surface area contributed by atoms with Crippen molar-refractivity contribution in [3.63, 3.8) is 0 Å². The van der Waals surface area contributed by atoms with Gasteiger partial charge in [-0.25, -0.2) is 0 Å². The first-order chi connectivity index (χ1) is 11.1. The molecule has 3 aliphatic rings. The summed E-state index contributed by atoms with van der Waals surface area (Å²) in [6.45, 7) is 9.98. The molecule has 0 aromatic rings. The molecule has 1 aliphatic carbocycles. The smallest absolute Gasteiger partial charge is 0.193 e. The van der Waals surface area contributed by atoms with Crippen molar-refractivity contribution >= 4 is 29.9 Å². The van der Waals surface area contributed by atoms with Crippen LogP contribution in [0.2, 0.25) is 0 Å². The maximum atomic E-state index is 5.64. The van der Waals surface area contributed by atoms with Gasteiger partial charge in [-0.15, -0.1) is 24.0 Å². The molecule has 140 valence electrons. The van der Waals surface area contributed by atoms with Gasteiger partial charge in [-0.1, -0.05) is 13.8 Å². The maximum Gasteiger partial charge on any atom is 0.193 e. The molecule has 0 bridgehead atoms. The largest absolute Gasteiger partial charge is 0.381 e. The van der Waals surface area contributed by atoms with Crippen LogP contribution in [0.1, 0.15) is 52.4 Å². The van der Waals surface area contributed by atoms with Gasteiger partial charge >= 0.3 is 0 Å². The van der Waals surface area contributed by atoms with Crippen molar-refractivity contribution in [2.75, 3.05) is 39.9 Å². The molecule has 0 aromatic heterocycles. The lowest BCUT2D eigenvalue weighted by atomic mass is 9.77. The Hall–Kier alpha value is -0.0400. The monoisotopic (exact) mass is 449 g/mol. The molecule has 24 heavy (non-hydrogen) atoms. The molecule has 1 atom stereocenters. The van der Waals surface area contributed by atoms with E-state index in [1.165, 1.54) is 38.5 Å². The summed E-state index contributed by atoms with van der Waals surface area (Å²) in [7, 11) is 1.92. The third-order valence-electron chi connectivity index (χ3n) is 6.52. The van der Waals surface area contributed by atoms with Crippen molar-refractivity contribution in [1.29, 1.82) is 0 Å². The summed E-state index contributed by atoms with van der Waals surface area (Å²) < 4.78 is 5.64. The molecule has 1 saturated carbocycles. The van der Waals surface area contributed by atoms with Crippen LogP contribution in [-0.2, 0) is 4.74 Å². The van der Waals surface area contributed by atoms with Gasteiger partial charge in [0.1, 0.15) is 0 Å². The molecule has 1 N–H and O–H groups in total. The highest BCUT2D eigenvalue weighted by atomic mass is 127. The van der Waals surface area contributed by atoms with E-state index in [1.54, 1.807) is 0 Å². The third-order valence-corrected chi connectivity index (χ3v) is 6.52. The summed E-state index contributed by atoms with van der Waals surface area (Å²) in [5, 5.41) is 3.67. The van der Waals surface area contributed by atoms with Crippen molar-refractivity contribution in [2.45, 2.75) is 52.4 Å². The van der Waals surface area contributed by atoms with Crippen LogP contribution in [0.15, 0.2) is 4.99 Å². The number of rotatable bonds is 3. The molecule has 2 heterocycles. The van der Waals surface area contributed by atoms with Gasteiger partial charge in [-0.2, -0.15) is 0 Å². The minimum Gasteiger partial charge on any atom is -0.381 e. The van der Waals surface area contributed by atoms with Crippen LogP contribution in [0.5, 0.6) is 0 Å². The number of ether oxygens (including phenoxy) is 1. The van der Waals surface area contributed by atoms with Crippen molar-refractivity contribution in [3.05, 3.63) is 0 Å². The fraction of sp³-hybridized carbons (Fsp3) is 0.947. The van der Waals surface area contributed by atoms with E-state index in [9.17, 15) is 0 Å². The van der Waals surface area contributed by atoms with E-state index in [0.29, 0.717) is 5.41 Å². The molecule has 5 heteroatoms. The summed E-state index contributed by atoms with van der Waals surface area (Å²) in [6, 6.07) is 0. The van der Waals surface area contributed by atoms with Crippen LogP contribution >= 0.6 is 24.0 Å². The van der Waals surface area contributed by atoms with Crippen LogP contribution in [0, 0.1) is 23.2 Å². The van der Waals surface area contributed by atoms with Gasteiger partial charge in [0.2, 0.25) is 0 Å². The molecular formula is C19H36IN3O. The van der Waals surface area contributed by atoms with Gasteiger partial charge < -0.3 is 15.0 Å². The van der Waals surface area contributed by atoms with E-state index in [4.69, 9.17) is 4.74 Å². The summed E-state index contributed by atoms with van der Waals surface area (Å²) in [5.74, 6) is 3.74. The highest BCUT2D eigenvalue weighted by Crippen LogP contribution is 2.38. The fourth-order valence-electron chi connectivity index (χ4n) is 4.71. The molecule has 3 fully saturated rings. The van der Waals surface area contributed by atoms with Crippen LogP contribution in [0.25, 0.3) is 0 Å². The Morgan fingerprint density at radius 2 is 2.00 bits per heavy atom.